The van der Waals surface area contributed by atoms with Crippen molar-refractivity contribution in [2.75, 3.05) is 18.4 Å². The van der Waals surface area contributed by atoms with Crippen LogP contribution >= 0.6 is 11.3 Å². The third-order valence-corrected chi connectivity index (χ3v) is 6.18. The van der Waals surface area contributed by atoms with Crippen LogP contribution in [0.4, 0.5) is 5.13 Å². The van der Waals surface area contributed by atoms with Crippen molar-refractivity contribution in [2.45, 2.75) is 39.7 Å². The van der Waals surface area contributed by atoms with Gasteiger partial charge >= 0.3 is 0 Å². The van der Waals surface area contributed by atoms with Crippen molar-refractivity contribution in [2.24, 2.45) is 0 Å². The van der Waals surface area contributed by atoms with Gasteiger partial charge in [0.15, 0.2) is 5.13 Å². The lowest BCUT2D eigenvalue weighted by Crippen LogP contribution is -2.31. The second-order valence-corrected chi connectivity index (χ2v) is 8.07. The van der Waals surface area contributed by atoms with E-state index in [1.54, 1.807) is 12.4 Å². The van der Waals surface area contributed by atoms with Crippen LogP contribution < -0.4 is 5.32 Å². The first-order chi connectivity index (χ1) is 14.1. The maximum Gasteiger partial charge on any atom is 0.266 e. The molecule has 29 heavy (non-hydrogen) atoms. The van der Waals surface area contributed by atoms with E-state index in [-0.39, 0.29) is 11.9 Å². The summed E-state index contributed by atoms with van der Waals surface area (Å²) in [7, 11) is 0. The first-order valence-corrected chi connectivity index (χ1v) is 10.7. The smallest absolute Gasteiger partial charge is 0.266 e. The van der Waals surface area contributed by atoms with Crippen LogP contribution in [0.2, 0.25) is 0 Å². The number of thiazole rings is 1. The van der Waals surface area contributed by atoms with Gasteiger partial charge in [-0.05, 0) is 51.3 Å². The number of hydrogen-bond donors (Lipinski definition) is 1. The minimum absolute atomic E-state index is 0.0311. The van der Waals surface area contributed by atoms with Crippen molar-refractivity contribution < 1.29 is 4.79 Å². The molecule has 1 N–H and O–H groups in total. The van der Waals surface area contributed by atoms with Crippen LogP contribution in [-0.4, -0.2) is 43.8 Å². The monoisotopic (exact) mass is 408 g/mol. The Balaban J connectivity index is 1.71. The molecule has 3 aromatic rings. The number of rotatable bonds is 5. The van der Waals surface area contributed by atoms with Gasteiger partial charge in [-0.1, -0.05) is 11.3 Å². The van der Waals surface area contributed by atoms with Crippen molar-refractivity contribution in [1.82, 2.24) is 24.8 Å². The second-order valence-electron chi connectivity index (χ2n) is 7.07. The van der Waals surface area contributed by atoms with Crippen LogP contribution in [0.1, 0.15) is 52.7 Å². The van der Waals surface area contributed by atoms with Gasteiger partial charge in [-0.15, -0.1) is 0 Å². The zero-order valence-corrected chi connectivity index (χ0v) is 17.7. The molecule has 0 radical (unpaired) electrons. The van der Waals surface area contributed by atoms with Gasteiger partial charge in [-0.25, -0.2) is 15.0 Å². The molecule has 8 heteroatoms. The SMILES string of the molecule is CCNc1nc(C)c(C(=O)N2CCC[C@@H]2c2nc(C)ncc2-c2ccncc2)s1. The number of carbonyl (C=O) groups is 1. The fraction of sp³-hybridized carbons (Fsp3) is 0.381. The van der Waals surface area contributed by atoms with Crippen molar-refractivity contribution in [3.63, 3.8) is 0 Å². The van der Waals surface area contributed by atoms with Crippen molar-refractivity contribution in [3.8, 4) is 11.1 Å². The first-order valence-electron chi connectivity index (χ1n) is 9.84. The molecule has 4 rings (SSSR count). The summed E-state index contributed by atoms with van der Waals surface area (Å²) in [6.45, 7) is 7.30. The van der Waals surface area contributed by atoms with E-state index in [1.807, 2.05) is 44.0 Å². The second kappa shape index (κ2) is 8.24. The van der Waals surface area contributed by atoms with Crippen LogP contribution in [-0.2, 0) is 0 Å². The zero-order chi connectivity index (χ0) is 20.4. The minimum Gasteiger partial charge on any atom is -0.362 e. The lowest BCUT2D eigenvalue weighted by Gasteiger charge is -2.26. The fourth-order valence-corrected chi connectivity index (χ4v) is 4.73. The quantitative estimate of drug-likeness (QED) is 0.686. The molecular formula is C21H24N6OS. The number of aryl methyl sites for hydroxylation is 2. The third-order valence-electron chi connectivity index (χ3n) is 5.08. The zero-order valence-electron chi connectivity index (χ0n) is 16.8. The molecule has 0 saturated carbocycles. The number of likely N-dealkylation sites (tertiary alicyclic amines) is 1. The lowest BCUT2D eigenvalue weighted by molar-refractivity contribution is 0.0737. The Morgan fingerprint density at radius 2 is 2.07 bits per heavy atom. The van der Waals surface area contributed by atoms with Gasteiger partial charge in [0.1, 0.15) is 10.7 Å². The average molecular weight is 409 g/mol. The highest BCUT2D eigenvalue weighted by Gasteiger charge is 2.35. The molecule has 1 aliphatic rings. The topological polar surface area (TPSA) is 83.9 Å². The summed E-state index contributed by atoms with van der Waals surface area (Å²) in [5.74, 6) is 0.740. The Hall–Kier alpha value is -2.87. The van der Waals surface area contributed by atoms with Gasteiger partial charge in [-0.2, -0.15) is 0 Å². The Morgan fingerprint density at radius 3 is 2.83 bits per heavy atom. The fourth-order valence-electron chi connectivity index (χ4n) is 3.74. The molecule has 3 aromatic heterocycles. The highest BCUT2D eigenvalue weighted by Crippen LogP contribution is 2.38. The molecule has 0 aromatic carbocycles. The molecule has 1 atom stereocenters. The van der Waals surface area contributed by atoms with E-state index in [1.165, 1.54) is 11.3 Å². The molecule has 7 nitrogen and oxygen atoms in total. The normalized spacial score (nSPS) is 16.2. The van der Waals surface area contributed by atoms with E-state index in [0.717, 1.165) is 53.6 Å². The van der Waals surface area contributed by atoms with Crippen LogP contribution in [0.3, 0.4) is 0 Å². The maximum atomic E-state index is 13.4. The number of amides is 1. The summed E-state index contributed by atoms with van der Waals surface area (Å²) in [5, 5.41) is 4.00. The Bertz CT molecular complexity index is 1020. The van der Waals surface area contributed by atoms with Crippen LogP contribution in [0, 0.1) is 13.8 Å². The highest BCUT2D eigenvalue weighted by molar-refractivity contribution is 7.17. The Labute approximate surface area is 174 Å². The number of hydrogen-bond acceptors (Lipinski definition) is 7. The minimum atomic E-state index is -0.0727. The molecule has 1 aliphatic heterocycles. The Kier molecular flexibility index (Phi) is 5.53. The molecule has 1 fully saturated rings. The van der Waals surface area contributed by atoms with E-state index >= 15 is 0 Å². The highest BCUT2D eigenvalue weighted by atomic mass is 32.1. The summed E-state index contributed by atoms with van der Waals surface area (Å²) in [6.07, 6.45) is 7.22. The summed E-state index contributed by atoms with van der Waals surface area (Å²) in [4.78, 5) is 33.8. The number of anilines is 1. The van der Waals surface area contributed by atoms with Gasteiger partial charge in [-0.3, -0.25) is 9.78 Å². The molecular weight excluding hydrogens is 384 g/mol. The summed E-state index contributed by atoms with van der Waals surface area (Å²) < 4.78 is 0. The van der Waals surface area contributed by atoms with Gasteiger partial charge in [0.2, 0.25) is 0 Å². The molecule has 1 amide bonds. The number of aromatic nitrogens is 4. The molecule has 0 bridgehead atoms. The molecule has 0 aliphatic carbocycles. The molecule has 150 valence electrons. The van der Waals surface area contributed by atoms with Gasteiger partial charge in [0, 0.05) is 37.2 Å². The predicted molar refractivity (Wildman–Crippen MR) is 114 cm³/mol. The number of nitrogens with zero attached hydrogens (tertiary/aromatic N) is 5. The van der Waals surface area contributed by atoms with Gasteiger partial charge < -0.3 is 10.2 Å². The molecule has 0 spiro atoms. The van der Waals surface area contributed by atoms with Crippen molar-refractivity contribution >= 4 is 22.4 Å². The molecule has 1 saturated heterocycles. The summed E-state index contributed by atoms with van der Waals surface area (Å²) >= 11 is 1.43. The number of carbonyl (C=O) groups excluding carboxylic acids is 1. The largest absolute Gasteiger partial charge is 0.362 e. The average Bonchev–Trinajstić information content (AvgIpc) is 3.35. The van der Waals surface area contributed by atoms with E-state index in [2.05, 4.69) is 20.3 Å². The van der Waals surface area contributed by atoms with E-state index in [9.17, 15) is 4.79 Å². The van der Waals surface area contributed by atoms with Crippen molar-refractivity contribution in [3.05, 3.63) is 52.8 Å². The van der Waals surface area contributed by atoms with Crippen LogP contribution in [0.25, 0.3) is 11.1 Å². The molecule has 4 heterocycles. The van der Waals surface area contributed by atoms with Crippen LogP contribution in [0.15, 0.2) is 30.7 Å². The first kappa shape index (κ1) is 19.4. The van der Waals surface area contributed by atoms with E-state index < -0.39 is 0 Å². The lowest BCUT2D eigenvalue weighted by atomic mass is 10.0. The standard InChI is InChI=1S/C21H24N6OS/c1-4-23-21-25-13(2)19(29-21)20(28)27-11-5-6-17(27)18-16(12-24-14(3)26-18)15-7-9-22-10-8-15/h7-10,12,17H,4-6,11H2,1-3H3,(H,23,25)/t17-/m1/s1. The predicted octanol–water partition coefficient (Wildman–Crippen LogP) is 4.02. The third kappa shape index (κ3) is 3.85. The summed E-state index contributed by atoms with van der Waals surface area (Å²) in [6, 6.07) is 3.83. The van der Waals surface area contributed by atoms with Gasteiger partial charge in [0.05, 0.1) is 17.4 Å². The maximum absolute atomic E-state index is 13.4. The van der Waals surface area contributed by atoms with E-state index in [4.69, 9.17) is 4.98 Å². The molecule has 0 unspecified atom stereocenters. The van der Waals surface area contributed by atoms with Crippen LogP contribution in [0.5, 0.6) is 0 Å². The van der Waals surface area contributed by atoms with Gasteiger partial charge in [0.25, 0.3) is 5.91 Å². The summed E-state index contributed by atoms with van der Waals surface area (Å²) in [5.41, 5.74) is 3.65. The van der Waals surface area contributed by atoms with Crippen molar-refractivity contribution in [1.29, 1.82) is 0 Å². The number of nitrogens with one attached hydrogen (secondary N) is 1. The van der Waals surface area contributed by atoms with E-state index in [0.29, 0.717) is 10.7 Å². The Morgan fingerprint density at radius 1 is 1.28 bits per heavy atom. The number of pyridine rings is 1.